The monoisotopic (exact) mass is 319 g/mol. The second kappa shape index (κ2) is 5.97. The molecule has 0 atom stereocenters. The van der Waals surface area contributed by atoms with Crippen LogP contribution in [0, 0.1) is 26.7 Å². The molecule has 1 aliphatic carbocycles. The number of anilines is 1. The summed E-state index contributed by atoms with van der Waals surface area (Å²) < 4.78 is 2.48. The van der Waals surface area contributed by atoms with Crippen LogP contribution >= 0.6 is 0 Å². The van der Waals surface area contributed by atoms with Crippen molar-refractivity contribution in [2.75, 3.05) is 5.32 Å². The summed E-state index contributed by atoms with van der Waals surface area (Å²) in [5, 5.41) is 4.89. The van der Waals surface area contributed by atoms with Crippen molar-refractivity contribution < 1.29 is 0 Å². The first-order valence-corrected chi connectivity index (χ1v) is 8.87. The second-order valence-electron chi connectivity index (χ2n) is 7.16. The van der Waals surface area contributed by atoms with Crippen LogP contribution in [0.15, 0.2) is 36.5 Å². The Labute approximate surface area is 143 Å². The van der Waals surface area contributed by atoms with E-state index >= 15 is 0 Å². The van der Waals surface area contributed by atoms with E-state index in [1.165, 1.54) is 46.1 Å². The van der Waals surface area contributed by atoms with Crippen molar-refractivity contribution in [1.29, 1.82) is 0 Å². The highest BCUT2D eigenvalue weighted by Gasteiger charge is 2.25. The Balaban J connectivity index is 1.69. The molecular weight excluding hydrogens is 294 g/mol. The number of benzene rings is 1. The fourth-order valence-corrected chi connectivity index (χ4v) is 3.40. The van der Waals surface area contributed by atoms with Crippen LogP contribution < -0.4 is 5.32 Å². The molecule has 124 valence electrons. The number of pyridine rings is 1. The Morgan fingerprint density at radius 3 is 2.54 bits per heavy atom. The quantitative estimate of drug-likeness (QED) is 0.718. The molecule has 1 aliphatic rings. The highest BCUT2D eigenvalue weighted by molar-refractivity contribution is 5.93. The lowest BCUT2D eigenvalue weighted by atomic mass is 10.1. The summed E-state index contributed by atoms with van der Waals surface area (Å²) in [5.74, 6) is 1.86. The molecule has 0 saturated heterocycles. The highest BCUT2D eigenvalue weighted by atomic mass is 15.1. The van der Waals surface area contributed by atoms with Gasteiger partial charge in [-0.1, -0.05) is 29.8 Å². The van der Waals surface area contributed by atoms with E-state index in [0.717, 1.165) is 24.8 Å². The van der Waals surface area contributed by atoms with Gasteiger partial charge in [0.2, 0.25) is 0 Å². The van der Waals surface area contributed by atoms with Gasteiger partial charge in [0.05, 0.1) is 5.52 Å². The van der Waals surface area contributed by atoms with E-state index in [9.17, 15) is 0 Å². The summed E-state index contributed by atoms with van der Waals surface area (Å²) in [7, 11) is 0. The Morgan fingerprint density at radius 2 is 1.83 bits per heavy atom. The molecule has 0 amide bonds. The molecule has 24 heavy (non-hydrogen) atoms. The van der Waals surface area contributed by atoms with Crippen molar-refractivity contribution >= 4 is 16.7 Å². The summed E-state index contributed by atoms with van der Waals surface area (Å²) in [4.78, 5) is 4.65. The number of nitrogens with zero attached hydrogens (tertiary/aromatic N) is 2. The fourth-order valence-electron chi connectivity index (χ4n) is 3.40. The Hall–Kier alpha value is -2.29. The Morgan fingerprint density at radius 1 is 1.08 bits per heavy atom. The average Bonchev–Trinajstić information content (AvgIpc) is 3.38. The first-order valence-electron chi connectivity index (χ1n) is 8.87. The molecule has 0 bridgehead atoms. The van der Waals surface area contributed by atoms with Gasteiger partial charge in [-0.25, -0.2) is 4.98 Å². The standard InChI is InChI=1S/C21H25N3/c1-14-4-6-17(7-5-14)12-23-21-20-19(10-11-22-21)15(2)16(3)24(20)13-18-8-9-18/h4-7,10-11,18H,8-9,12-13H2,1-3H3,(H,22,23). The van der Waals surface area contributed by atoms with E-state index in [4.69, 9.17) is 0 Å². The molecule has 2 aromatic heterocycles. The van der Waals surface area contributed by atoms with Crippen molar-refractivity contribution in [2.24, 2.45) is 5.92 Å². The highest BCUT2D eigenvalue weighted by Crippen LogP contribution is 2.36. The van der Waals surface area contributed by atoms with Crippen LogP contribution in [0.25, 0.3) is 10.9 Å². The predicted octanol–water partition coefficient (Wildman–Crippen LogP) is 4.98. The Bertz CT molecular complexity index is 870. The van der Waals surface area contributed by atoms with Gasteiger partial charge in [0.1, 0.15) is 0 Å². The van der Waals surface area contributed by atoms with Crippen molar-refractivity contribution in [3.8, 4) is 0 Å². The zero-order valence-corrected chi connectivity index (χ0v) is 14.8. The van der Waals surface area contributed by atoms with Gasteiger partial charge in [-0.2, -0.15) is 0 Å². The molecule has 0 unspecified atom stereocenters. The third-order valence-electron chi connectivity index (χ3n) is 5.26. The minimum atomic E-state index is 0.805. The number of hydrogen-bond donors (Lipinski definition) is 1. The first kappa shape index (κ1) is 15.3. The van der Waals surface area contributed by atoms with Gasteiger partial charge < -0.3 is 9.88 Å². The first-order chi connectivity index (χ1) is 11.6. The van der Waals surface area contributed by atoms with Crippen molar-refractivity contribution in [3.05, 3.63) is 58.9 Å². The number of hydrogen-bond acceptors (Lipinski definition) is 2. The molecular formula is C21H25N3. The fraction of sp³-hybridized carbons (Fsp3) is 0.381. The number of aryl methyl sites for hydroxylation is 2. The van der Waals surface area contributed by atoms with Crippen LogP contribution in [0.1, 0.15) is 35.2 Å². The third kappa shape index (κ3) is 2.79. The number of nitrogens with one attached hydrogen (secondary N) is 1. The molecule has 1 N–H and O–H groups in total. The van der Waals surface area contributed by atoms with Gasteiger partial charge in [-0.3, -0.25) is 0 Å². The molecule has 1 saturated carbocycles. The van der Waals surface area contributed by atoms with Crippen LogP contribution in [0.4, 0.5) is 5.82 Å². The SMILES string of the molecule is Cc1ccc(CNc2nccc3c(C)c(C)n(CC4CC4)c23)cc1. The normalized spacial score (nSPS) is 14.3. The molecule has 0 radical (unpaired) electrons. The summed E-state index contributed by atoms with van der Waals surface area (Å²) in [6, 6.07) is 10.8. The maximum absolute atomic E-state index is 4.65. The molecule has 3 aromatic rings. The van der Waals surface area contributed by atoms with Crippen LogP contribution in [0.5, 0.6) is 0 Å². The van der Waals surface area contributed by atoms with Gasteiger partial charge >= 0.3 is 0 Å². The zero-order chi connectivity index (χ0) is 16.7. The zero-order valence-electron chi connectivity index (χ0n) is 14.8. The van der Waals surface area contributed by atoms with Gasteiger partial charge in [-0.15, -0.1) is 0 Å². The van der Waals surface area contributed by atoms with E-state index in [-0.39, 0.29) is 0 Å². The van der Waals surface area contributed by atoms with E-state index in [2.05, 4.69) is 66.0 Å². The van der Waals surface area contributed by atoms with E-state index in [0.29, 0.717) is 0 Å². The molecule has 3 nitrogen and oxygen atoms in total. The molecule has 3 heteroatoms. The van der Waals surface area contributed by atoms with Gasteiger partial charge in [0.15, 0.2) is 5.82 Å². The summed E-state index contributed by atoms with van der Waals surface area (Å²) >= 11 is 0. The van der Waals surface area contributed by atoms with Crippen LogP contribution in [0.3, 0.4) is 0 Å². The molecule has 2 heterocycles. The van der Waals surface area contributed by atoms with E-state index in [1.54, 1.807) is 0 Å². The van der Waals surface area contributed by atoms with Crippen LogP contribution in [0.2, 0.25) is 0 Å². The van der Waals surface area contributed by atoms with Crippen LogP contribution in [-0.2, 0) is 13.1 Å². The summed E-state index contributed by atoms with van der Waals surface area (Å²) in [6.07, 6.45) is 4.66. The topological polar surface area (TPSA) is 29.9 Å². The number of aromatic nitrogens is 2. The molecule has 1 fully saturated rings. The minimum absolute atomic E-state index is 0.805. The second-order valence-corrected chi connectivity index (χ2v) is 7.16. The largest absolute Gasteiger partial charge is 0.364 e. The lowest BCUT2D eigenvalue weighted by Gasteiger charge is -2.12. The molecule has 0 spiro atoms. The summed E-state index contributed by atoms with van der Waals surface area (Å²) in [5.41, 5.74) is 6.61. The minimum Gasteiger partial charge on any atom is -0.364 e. The van der Waals surface area contributed by atoms with Crippen molar-refractivity contribution in [2.45, 2.75) is 46.7 Å². The van der Waals surface area contributed by atoms with Gasteiger partial charge in [0.25, 0.3) is 0 Å². The van der Waals surface area contributed by atoms with E-state index < -0.39 is 0 Å². The maximum Gasteiger partial charge on any atom is 0.150 e. The molecule has 4 rings (SSSR count). The predicted molar refractivity (Wildman–Crippen MR) is 100 cm³/mol. The molecule has 1 aromatic carbocycles. The lowest BCUT2D eigenvalue weighted by Crippen LogP contribution is -2.07. The summed E-state index contributed by atoms with van der Waals surface area (Å²) in [6.45, 7) is 8.52. The third-order valence-corrected chi connectivity index (χ3v) is 5.26. The number of fused-ring (bicyclic) bond motifs is 1. The van der Waals surface area contributed by atoms with Crippen molar-refractivity contribution in [3.63, 3.8) is 0 Å². The van der Waals surface area contributed by atoms with E-state index in [1.807, 2.05) is 6.20 Å². The van der Waals surface area contributed by atoms with Gasteiger partial charge in [0, 0.05) is 30.4 Å². The van der Waals surface area contributed by atoms with Crippen molar-refractivity contribution in [1.82, 2.24) is 9.55 Å². The van der Waals surface area contributed by atoms with Crippen LogP contribution in [-0.4, -0.2) is 9.55 Å². The van der Waals surface area contributed by atoms with Gasteiger partial charge in [-0.05, 0) is 56.7 Å². The average molecular weight is 319 g/mol. The molecule has 0 aliphatic heterocycles. The number of rotatable bonds is 5. The Kier molecular flexibility index (Phi) is 3.79. The maximum atomic E-state index is 4.65. The smallest absolute Gasteiger partial charge is 0.150 e. The lowest BCUT2D eigenvalue weighted by molar-refractivity contribution is 0.631.